The Kier molecular flexibility index (Phi) is 4.23. The summed E-state index contributed by atoms with van der Waals surface area (Å²) < 4.78 is 13.8. The van der Waals surface area contributed by atoms with E-state index in [2.05, 4.69) is 5.32 Å². The smallest absolute Gasteiger partial charge is 0.254 e. The molecule has 1 saturated carbocycles. The van der Waals surface area contributed by atoms with E-state index in [-0.39, 0.29) is 17.5 Å². The van der Waals surface area contributed by atoms with Gasteiger partial charge in [-0.25, -0.2) is 4.39 Å². The van der Waals surface area contributed by atoms with Crippen molar-refractivity contribution in [2.24, 2.45) is 5.92 Å². The number of alkyl halides is 1. The molecule has 1 aliphatic rings. The van der Waals surface area contributed by atoms with Gasteiger partial charge in [-0.3, -0.25) is 4.79 Å². The van der Waals surface area contributed by atoms with Crippen molar-refractivity contribution in [3.63, 3.8) is 0 Å². The van der Waals surface area contributed by atoms with Crippen LogP contribution in [0.3, 0.4) is 0 Å². The summed E-state index contributed by atoms with van der Waals surface area (Å²) >= 11 is 5.86. The summed E-state index contributed by atoms with van der Waals surface area (Å²) in [4.78, 5) is 12.0. The van der Waals surface area contributed by atoms with Gasteiger partial charge in [0.25, 0.3) is 5.91 Å². The van der Waals surface area contributed by atoms with E-state index in [0.29, 0.717) is 17.4 Å². The highest BCUT2D eigenvalue weighted by atomic mass is 35.5. The first-order valence-electron chi connectivity index (χ1n) is 6.25. The van der Waals surface area contributed by atoms with Crippen molar-refractivity contribution in [3.05, 3.63) is 35.1 Å². The fraction of sp³-hybridized carbons (Fsp3) is 0.500. The van der Waals surface area contributed by atoms with Gasteiger partial charge in [0.1, 0.15) is 5.82 Å². The minimum absolute atomic E-state index is 0.0786. The normalized spacial score (nSPS) is 23.1. The maximum absolute atomic E-state index is 13.8. The number of carbonyl (C=O) groups is 1. The molecular formula is C14H17ClFNO. The van der Waals surface area contributed by atoms with Crippen LogP contribution in [0.1, 0.15) is 35.2 Å². The Morgan fingerprint density at radius 3 is 3.00 bits per heavy atom. The maximum Gasteiger partial charge on any atom is 0.254 e. The van der Waals surface area contributed by atoms with E-state index in [1.807, 2.05) is 0 Å². The molecule has 2 unspecified atom stereocenters. The number of hydrogen-bond acceptors (Lipinski definition) is 1. The average Bonchev–Trinajstić information content (AvgIpc) is 2.79. The Balaban J connectivity index is 2.10. The highest BCUT2D eigenvalue weighted by Crippen LogP contribution is 2.27. The predicted molar refractivity (Wildman–Crippen MR) is 70.5 cm³/mol. The zero-order valence-corrected chi connectivity index (χ0v) is 11.1. The minimum Gasteiger partial charge on any atom is -0.349 e. The van der Waals surface area contributed by atoms with Crippen LogP contribution in [-0.4, -0.2) is 17.8 Å². The molecule has 1 aromatic rings. The summed E-state index contributed by atoms with van der Waals surface area (Å²) in [7, 11) is 0. The standard InChI is InChI=1S/C14H17ClFNO/c1-9-4-2-6-11(13(9)16)14(18)17-12-7-3-5-10(12)8-15/h2,4,6,10,12H,3,5,7-8H2,1H3,(H,17,18). The molecular weight excluding hydrogens is 253 g/mol. The van der Waals surface area contributed by atoms with Crippen LogP contribution in [0.4, 0.5) is 4.39 Å². The topological polar surface area (TPSA) is 29.1 Å². The summed E-state index contributed by atoms with van der Waals surface area (Å²) in [5.74, 6) is 0.0819. The Morgan fingerprint density at radius 2 is 2.28 bits per heavy atom. The monoisotopic (exact) mass is 269 g/mol. The van der Waals surface area contributed by atoms with Gasteiger partial charge < -0.3 is 5.32 Å². The largest absolute Gasteiger partial charge is 0.349 e. The van der Waals surface area contributed by atoms with Crippen molar-refractivity contribution in [3.8, 4) is 0 Å². The Hall–Kier alpha value is -1.09. The van der Waals surface area contributed by atoms with Gasteiger partial charge in [0.05, 0.1) is 5.56 Å². The summed E-state index contributed by atoms with van der Waals surface area (Å²) in [5.41, 5.74) is 0.609. The molecule has 2 rings (SSSR count). The first-order chi connectivity index (χ1) is 8.63. The van der Waals surface area contributed by atoms with Gasteiger partial charge in [0.2, 0.25) is 0 Å². The molecule has 0 saturated heterocycles. The van der Waals surface area contributed by atoms with E-state index in [4.69, 9.17) is 11.6 Å². The summed E-state index contributed by atoms with van der Waals surface area (Å²) in [6.07, 6.45) is 3.03. The lowest BCUT2D eigenvalue weighted by atomic mass is 10.0. The molecule has 0 bridgehead atoms. The van der Waals surface area contributed by atoms with Crippen molar-refractivity contribution < 1.29 is 9.18 Å². The zero-order chi connectivity index (χ0) is 13.1. The molecule has 4 heteroatoms. The van der Waals surface area contributed by atoms with Crippen LogP contribution in [-0.2, 0) is 0 Å². The lowest BCUT2D eigenvalue weighted by Crippen LogP contribution is -2.38. The Labute approximate surface area is 112 Å². The van der Waals surface area contributed by atoms with Crippen LogP contribution < -0.4 is 5.32 Å². The van der Waals surface area contributed by atoms with E-state index < -0.39 is 5.82 Å². The molecule has 1 N–H and O–H groups in total. The van der Waals surface area contributed by atoms with Crippen molar-refractivity contribution in [2.75, 3.05) is 5.88 Å². The number of rotatable bonds is 3. The van der Waals surface area contributed by atoms with Crippen LogP contribution in [0, 0.1) is 18.7 Å². The molecule has 98 valence electrons. The van der Waals surface area contributed by atoms with Crippen molar-refractivity contribution >= 4 is 17.5 Å². The van der Waals surface area contributed by atoms with Gasteiger partial charge >= 0.3 is 0 Å². The number of halogens is 2. The van der Waals surface area contributed by atoms with Crippen molar-refractivity contribution in [1.82, 2.24) is 5.32 Å². The van der Waals surface area contributed by atoms with E-state index in [1.54, 1.807) is 19.1 Å². The number of nitrogens with one attached hydrogen (secondary N) is 1. The highest BCUT2D eigenvalue weighted by Gasteiger charge is 2.28. The molecule has 0 radical (unpaired) electrons. The predicted octanol–water partition coefficient (Wildman–Crippen LogP) is 3.27. The Morgan fingerprint density at radius 1 is 1.50 bits per heavy atom. The van der Waals surface area contributed by atoms with Crippen molar-refractivity contribution in [1.29, 1.82) is 0 Å². The SMILES string of the molecule is Cc1cccc(C(=O)NC2CCCC2CCl)c1F. The quantitative estimate of drug-likeness (QED) is 0.839. The number of carbonyl (C=O) groups excluding carboxylic acids is 1. The molecule has 2 nitrogen and oxygen atoms in total. The first kappa shape index (κ1) is 13.3. The van der Waals surface area contributed by atoms with Gasteiger partial charge in [-0.15, -0.1) is 11.6 Å². The summed E-state index contributed by atoms with van der Waals surface area (Å²) in [5, 5.41) is 2.90. The average molecular weight is 270 g/mol. The summed E-state index contributed by atoms with van der Waals surface area (Å²) in [6, 6.07) is 4.95. The van der Waals surface area contributed by atoms with Crippen LogP contribution in [0.5, 0.6) is 0 Å². The van der Waals surface area contributed by atoms with Gasteiger partial charge in [0.15, 0.2) is 0 Å². The van der Waals surface area contributed by atoms with Crippen LogP contribution in [0.2, 0.25) is 0 Å². The lowest BCUT2D eigenvalue weighted by molar-refractivity contribution is 0.0926. The molecule has 1 aromatic carbocycles. The second-order valence-corrected chi connectivity index (χ2v) is 5.17. The molecule has 0 aliphatic heterocycles. The third-order valence-electron chi connectivity index (χ3n) is 3.61. The number of aryl methyl sites for hydroxylation is 1. The van der Waals surface area contributed by atoms with E-state index in [0.717, 1.165) is 19.3 Å². The van der Waals surface area contributed by atoms with Crippen LogP contribution >= 0.6 is 11.6 Å². The first-order valence-corrected chi connectivity index (χ1v) is 6.79. The second-order valence-electron chi connectivity index (χ2n) is 4.86. The molecule has 2 atom stereocenters. The second kappa shape index (κ2) is 5.70. The molecule has 0 spiro atoms. The number of hydrogen-bond donors (Lipinski definition) is 1. The van der Waals surface area contributed by atoms with E-state index >= 15 is 0 Å². The Bertz CT molecular complexity index is 449. The fourth-order valence-corrected chi connectivity index (χ4v) is 2.85. The van der Waals surface area contributed by atoms with Gasteiger partial charge in [-0.2, -0.15) is 0 Å². The number of benzene rings is 1. The summed E-state index contributed by atoms with van der Waals surface area (Å²) in [6.45, 7) is 1.66. The third-order valence-corrected chi connectivity index (χ3v) is 4.01. The molecule has 18 heavy (non-hydrogen) atoms. The molecule has 1 amide bonds. The van der Waals surface area contributed by atoms with E-state index in [1.165, 1.54) is 6.07 Å². The third kappa shape index (κ3) is 2.66. The lowest BCUT2D eigenvalue weighted by Gasteiger charge is -2.19. The molecule has 0 heterocycles. The van der Waals surface area contributed by atoms with Gasteiger partial charge in [-0.1, -0.05) is 18.6 Å². The zero-order valence-electron chi connectivity index (χ0n) is 10.4. The highest BCUT2D eigenvalue weighted by molar-refractivity contribution is 6.18. The molecule has 0 aromatic heterocycles. The van der Waals surface area contributed by atoms with Gasteiger partial charge in [-0.05, 0) is 37.3 Å². The van der Waals surface area contributed by atoms with Crippen LogP contribution in [0.25, 0.3) is 0 Å². The number of amides is 1. The fourth-order valence-electron chi connectivity index (χ4n) is 2.48. The molecule has 1 aliphatic carbocycles. The molecule has 1 fully saturated rings. The van der Waals surface area contributed by atoms with Crippen molar-refractivity contribution in [2.45, 2.75) is 32.2 Å². The minimum atomic E-state index is -0.435. The van der Waals surface area contributed by atoms with E-state index in [9.17, 15) is 9.18 Å². The van der Waals surface area contributed by atoms with Crippen LogP contribution in [0.15, 0.2) is 18.2 Å². The maximum atomic E-state index is 13.8. The van der Waals surface area contributed by atoms with Gasteiger partial charge in [0, 0.05) is 11.9 Å².